The fraction of sp³-hybridized carbons (Fsp3) is 0.143. The number of rotatable bonds is 5. The second kappa shape index (κ2) is 9.46. The van der Waals surface area contributed by atoms with E-state index in [2.05, 4.69) is 5.32 Å². The van der Waals surface area contributed by atoms with E-state index in [0.29, 0.717) is 47.8 Å². The van der Waals surface area contributed by atoms with Crippen molar-refractivity contribution in [2.45, 2.75) is 13.0 Å². The molecule has 2 amide bonds. The summed E-state index contributed by atoms with van der Waals surface area (Å²) in [6, 6.07) is 21.8. The molecule has 3 aromatic carbocycles. The fourth-order valence-corrected chi connectivity index (χ4v) is 4.09. The molecule has 1 N–H and O–H groups in total. The van der Waals surface area contributed by atoms with Crippen molar-refractivity contribution in [3.8, 4) is 17.1 Å². The zero-order chi connectivity index (χ0) is 24.4. The first kappa shape index (κ1) is 22.4. The number of hydrogen-bond donors (Lipinski definition) is 1. The molecule has 176 valence electrons. The minimum atomic E-state index is -0.389. The molecule has 6 nitrogen and oxygen atoms in total. The largest absolute Gasteiger partial charge is 0.497 e. The Labute approximate surface area is 201 Å². The zero-order valence-electron chi connectivity index (χ0n) is 19.1. The molecule has 5 rings (SSSR count). The summed E-state index contributed by atoms with van der Waals surface area (Å²) in [6.45, 7) is 1.06. The molecule has 2 heterocycles. The lowest BCUT2D eigenvalue weighted by Crippen LogP contribution is -2.35. The van der Waals surface area contributed by atoms with Crippen LogP contribution in [0.25, 0.3) is 11.3 Å². The highest BCUT2D eigenvalue weighted by atomic mass is 19.1. The minimum Gasteiger partial charge on any atom is -0.497 e. The van der Waals surface area contributed by atoms with Crippen LogP contribution in [0.15, 0.2) is 83.3 Å². The van der Waals surface area contributed by atoms with Crippen LogP contribution >= 0.6 is 0 Å². The molecule has 1 aromatic heterocycles. The van der Waals surface area contributed by atoms with E-state index in [1.807, 2.05) is 23.1 Å². The third kappa shape index (κ3) is 4.80. The molecular formula is C28H23FN2O4. The first-order valence-corrected chi connectivity index (χ1v) is 11.2. The highest BCUT2D eigenvalue weighted by molar-refractivity contribution is 6.04. The van der Waals surface area contributed by atoms with Gasteiger partial charge in [0.25, 0.3) is 11.8 Å². The van der Waals surface area contributed by atoms with Crippen molar-refractivity contribution in [3.63, 3.8) is 0 Å². The van der Waals surface area contributed by atoms with Crippen LogP contribution < -0.4 is 10.1 Å². The van der Waals surface area contributed by atoms with E-state index >= 15 is 0 Å². The Bertz CT molecular complexity index is 1360. The quantitative estimate of drug-likeness (QED) is 0.415. The summed E-state index contributed by atoms with van der Waals surface area (Å²) < 4.78 is 24.3. The molecule has 0 saturated heterocycles. The molecule has 0 bridgehead atoms. The van der Waals surface area contributed by atoms with Gasteiger partial charge in [-0.3, -0.25) is 9.59 Å². The van der Waals surface area contributed by atoms with Gasteiger partial charge in [-0.25, -0.2) is 4.39 Å². The Morgan fingerprint density at radius 1 is 0.943 bits per heavy atom. The number of ether oxygens (including phenoxy) is 1. The molecule has 1 aliphatic heterocycles. The van der Waals surface area contributed by atoms with Gasteiger partial charge in [-0.05, 0) is 78.9 Å². The number of carbonyl (C=O) groups is 2. The molecule has 0 fully saturated rings. The Hall–Kier alpha value is -4.39. The Morgan fingerprint density at radius 2 is 1.63 bits per heavy atom. The van der Waals surface area contributed by atoms with Gasteiger partial charge in [0.2, 0.25) is 0 Å². The van der Waals surface area contributed by atoms with Crippen LogP contribution in [-0.4, -0.2) is 30.4 Å². The molecule has 0 saturated carbocycles. The van der Waals surface area contributed by atoms with Crippen molar-refractivity contribution in [2.24, 2.45) is 0 Å². The molecule has 0 spiro atoms. The van der Waals surface area contributed by atoms with Crippen LogP contribution in [-0.2, 0) is 13.0 Å². The SMILES string of the molecule is COc1ccc(C(=O)N2CCc3oc(-c4ccc(NC(=O)c5ccc(F)cc5)cc4)cc3C2)cc1. The monoisotopic (exact) mass is 470 g/mol. The number of halogens is 1. The van der Waals surface area contributed by atoms with Gasteiger partial charge >= 0.3 is 0 Å². The number of nitrogens with zero attached hydrogens (tertiary/aromatic N) is 1. The number of fused-ring (bicyclic) bond motifs is 1. The van der Waals surface area contributed by atoms with Crippen LogP contribution in [0.2, 0.25) is 0 Å². The van der Waals surface area contributed by atoms with Gasteiger partial charge < -0.3 is 19.4 Å². The highest BCUT2D eigenvalue weighted by Crippen LogP contribution is 2.31. The molecule has 0 atom stereocenters. The van der Waals surface area contributed by atoms with Gasteiger partial charge in [0.05, 0.1) is 7.11 Å². The van der Waals surface area contributed by atoms with E-state index in [-0.39, 0.29) is 17.6 Å². The Balaban J connectivity index is 1.26. The normalized spacial score (nSPS) is 12.7. The molecule has 4 aromatic rings. The van der Waals surface area contributed by atoms with Gasteiger partial charge in [-0.15, -0.1) is 0 Å². The van der Waals surface area contributed by atoms with Crippen molar-refractivity contribution >= 4 is 17.5 Å². The molecule has 35 heavy (non-hydrogen) atoms. The smallest absolute Gasteiger partial charge is 0.255 e. The summed E-state index contributed by atoms with van der Waals surface area (Å²) in [5.41, 5.74) is 3.48. The number of benzene rings is 3. The van der Waals surface area contributed by atoms with E-state index in [0.717, 1.165) is 16.9 Å². The average molecular weight is 471 g/mol. The number of amides is 2. The highest BCUT2D eigenvalue weighted by Gasteiger charge is 2.25. The van der Waals surface area contributed by atoms with E-state index in [1.165, 1.54) is 24.3 Å². The lowest BCUT2D eigenvalue weighted by molar-refractivity contribution is 0.0730. The van der Waals surface area contributed by atoms with E-state index < -0.39 is 0 Å². The second-order valence-corrected chi connectivity index (χ2v) is 8.30. The number of hydrogen-bond acceptors (Lipinski definition) is 4. The van der Waals surface area contributed by atoms with Gasteiger partial charge in [0.1, 0.15) is 23.1 Å². The van der Waals surface area contributed by atoms with Crippen LogP contribution in [0.1, 0.15) is 32.0 Å². The Morgan fingerprint density at radius 3 is 2.31 bits per heavy atom. The van der Waals surface area contributed by atoms with Gasteiger partial charge in [-0.2, -0.15) is 0 Å². The maximum atomic E-state index is 13.1. The molecule has 7 heteroatoms. The van der Waals surface area contributed by atoms with Gasteiger partial charge in [0.15, 0.2) is 0 Å². The average Bonchev–Trinajstić information content (AvgIpc) is 3.32. The topological polar surface area (TPSA) is 71.8 Å². The van der Waals surface area contributed by atoms with Crippen molar-refractivity contribution in [1.82, 2.24) is 4.90 Å². The molecule has 0 radical (unpaired) electrons. The number of nitrogens with one attached hydrogen (secondary N) is 1. The lowest BCUT2D eigenvalue weighted by atomic mass is 10.1. The zero-order valence-corrected chi connectivity index (χ0v) is 19.1. The summed E-state index contributed by atoms with van der Waals surface area (Å²) in [5, 5.41) is 2.80. The fourth-order valence-electron chi connectivity index (χ4n) is 4.09. The summed E-state index contributed by atoms with van der Waals surface area (Å²) in [5.74, 6) is 1.58. The third-order valence-corrected chi connectivity index (χ3v) is 6.02. The molecular weight excluding hydrogens is 447 g/mol. The van der Waals surface area contributed by atoms with E-state index in [9.17, 15) is 14.0 Å². The van der Waals surface area contributed by atoms with Crippen molar-refractivity contribution in [3.05, 3.63) is 107 Å². The van der Waals surface area contributed by atoms with Gasteiger partial charge in [0, 0.05) is 47.5 Å². The number of anilines is 1. The third-order valence-electron chi connectivity index (χ3n) is 6.02. The van der Waals surface area contributed by atoms with Crippen molar-refractivity contribution in [2.75, 3.05) is 19.0 Å². The van der Waals surface area contributed by atoms with Crippen LogP contribution in [0.3, 0.4) is 0 Å². The molecule has 1 aliphatic rings. The van der Waals surface area contributed by atoms with Gasteiger partial charge in [-0.1, -0.05) is 0 Å². The molecule has 0 aliphatic carbocycles. The Kier molecular flexibility index (Phi) is 6.06. The van der Waals surface area contributed by atoms with Crippen LogP contribution in [0.5, 0.6) is 5.75 Å². The predicted molar refractivity (Wildman–Crippen MR) is 130 cm³/mol. The summed E-state index contributed by atoms with van der Waals surface area (Å²) in [7, 11) is 1.59. The standard InChI is InChI=1S/C28H23FN2O4/c1-34-24-12-6-20(7-13-24)28(33)31-15-14-25-21(17-31)16-26(35-25)18-4-10-23(11-5-18)30-27(32)19-2-8-22(29)9-3-19/h2-13,16H,14-15,17H2,1H3,(H,30,32). The summed E-state index contributed by atoms with van der Waals surface area (Å²) in [6.07, 6.45) is 0.642. The minimum absolute atomic E-state index is 0.0256. The lowest BCUT2D eigenvalue weighted by Gasteiger charge is -2.26. The maximum Gasteiger partial charge on any atom is 0.255 e. The van der Waals surface area contributed by atoms with Crippen molar-refractivity contribution in [1.29, 1.82) is 0 Å². The first-order valence-electron chi connectivity index (χ1n) is 11.2. The number of carbonyl (C=O) groups excluding carboxylic acids is 2. The number of furan rings is 1. The van der Waals surface area contributed by atoms with Crippen LogP contribution in [0.4, 0.5) is 10.1 Å². The van der Waals surface area contributed by atoms with Crippen molar-refractivity contribution < 1.29 is 23.1 Å². The summed E-state index contributed by atoms with van der Waals surface area (Å²) >= 11 is 0. The van der Waals surface area contributed by atoms with E-state index in [1.54, 1.807) is 43.5 Å². The number of methoxy groups -OCH3 is 1. The van der Waals surface area contributed by atoms with E-state index in [4.69, 9.17) is 9.15 Å². The molecule has 0 unspecified atom stereocenters. The summed E-state index contributed by atoms with van der Waals surface area (Å²) in [4.78, 5) is 27.1. The van der Waals surface area contributed by atoms with Crippen LogP contribution in [0, 0.1) is 5.82 Å². The maximum absolute atomic E-state index is 13.1. The second-order valence-electron chi connectivity index (χ2n) is 8.30. The first-order chi connectivity index (χ1) is 17.0. The predicted octanol–water partition coefficient (Wildman–Crippen LogP) is 5.55.